The van der Waals surface area contributed by atoms with Gasteiger partial charge in [0.15, 0.2) is 0 Å². The van der Waals surface area contributed by atoms with Crippen molar-refractivity contribution in [3.63, 3.8) is 0 Å². The normalized spacial score (nSPS) is 25.3. The van der Waals surface area contributed by atoms with Gasteiger partial charge in [0.25, 0.3) is 0 Å². The Labute approximate surface area is 126 Å². The molecule has 1 saturated carbocycles. The number of carbonyl (C=O) groups is 1. The summed E-state index contributed by atoms with van der Waals surface area (Å²) in [6.07, 6.45) is 5.73. The molecule has 114 valence electrons. The van der Waals surface area contributed by atoms with Crippen LogP contribution in [0.25, 0.3) is 0 Å². The van der Waals surface area contributed by atoms with Gasteiger partial charge in [-0.2, -0.15) is 0 Å². The lowest BCUT2D eigenvalue weighted by atomic mass is 9.95. The Morgan fingerprint density at radius 3 is 2.52 bits per heavy atom. The molecular weight excluding hydrogens is 262 g/mol. The Morgan fingerprint density at radius 1 is 1.14 bits per heavy atom. The van der Waals surface area contributed by atoms with Crippen LogP contribution in [0.15, 0.2) is 24.3 Å². The molecule has 2 aliphatic rings. The molecule has 1 aliphatic heterocycles. The molecule has 2 fully saturated rings. The predicted molar refractivity (Wildman–Crippen MR) is 86.4 cm³/mol. The zero-order valence-electron chi connectivity index (χ0n) is 12.6. The van der Waals surface area contributed by atoms with Gasteiger partial charge in [0.2, 0.25) is 5.91 Å². The Morgan fingerprint density at radius 2 is 1.86 bits per heavy atom. The zero-order chi connectivity index (χ0) is 14.7. The number of nitrogens with zero attached hydrogens (tertiary/aromatic N) is 1. The van der Waals surface area contributed by atoms with Crippen molar-refractivity contribution in [3.05, 3.63) is 24.3 Å². The van der Waals surface area contributed by atoms with Crippen molar-refractivity contribution in [2.24, 2.45) is 17.6 Å². The fourth-order valence-corrected chi connectivity index (χ4v) is 3.63. The summed E-state index contributed by atoms with van der Waals surface area (Å²) in [6.45, 7) is 2.91. The lowest BCUT2D eigenvalue weighted by Crippen LogP contribution is -2.29. The molecule has 0 bridgehead atoms. The van der Waals surface area contributed by atoms with E-state index in [0.717, 1.165) is 38.0 Å². The SMILES string of the molecule is NCC1CCCC1C(=O)Nc1ccc(N2CCCC2)cc1. The highest BCUT2D eigenvalue weighted by atomic mass is 16.1. The first-order valence-corrected chi connectivity index (χ1v) is 8.14. The van der Waals surface area contributed by atoms with Gasteiger partial charge in [-0.05, 0) is 62.4 Å². The molecule has 0 spiro atoms. The third-order valence-corrected chi connectivity index (χ3v) is 4.90. The van der Waals surface area contributed by atoms with Crippen LogP contribution in [-0.2, 0) is 4.79 Å². The summed E-state index contributed by atoms with van der Waals surface area (Å²) < 4.78 is 0. The molecule has 21 heavy (non-hydrogen) atoms. The average molecular weight is 287 g/mol. The molecule has 1 aromatic carbocycles. The third-order valence-electron chi connectivity index (χ3n) is 4.90. The maximum absolute atomic E-state index is 12.3. The van der Waals surface area contributed by atoms with E-state index in [1.807, 2.05) is 12.1 Å². The molecule has 2 unspecified atom stereocenters. The molecule has 4 heteroatoms. The zero-order valence-corrected chi connectivity index (χ0v) is 12.6. The Hall–Kier alpha value is -1.55. The van der Waals surface area contributed by atoms with Crippen LogP contribution in [0.1, 0.15) is 32.1 Å². The summed E-state index contributed by atoms with van der Waals surface area (Å²) in [5.41, 5.74) is 7.91. The van der Waals surface area contributed by atoms with E-state index in [9.17, 15) is 4.79 Å². The van der Waals surface area contributed by atoms with Crippen molar-refractivity contribution in [2.45, 2.75) is 32.1 Å². The Balaban J connectivity index is 1.60. The molecule has 1 heterocycles. The highest BCUT2D eigenvalue weighted by molar-refractivity contribution is 5.93. The Bertz CT molecular complexity index is 479. The summed E-state index contributed by atoms with van der Waals surface area (Å²) in [5, 5.41) is 3.05. The Kier molecular flexibility index (Phi) is 4.44. The van der Waals surface area contributed by atoms with Crippen LogP contribution < -0.4 is 16.0 Å². The van der Waals surface area contributed by atoms with Crippen molar-refractivity contribution in [3.8, 4) is 0 Å². The van der Waals surface area contributed by atoms with Gasteiger partial charge in [-0.15, -0.1) is 0 Å². The molecule has 0 aromatic heterocycles. The number of hydrogen-bond acceptors (Lipinski definition) is 3. The third kappa shape index (κ3) is 3.21. The number of benzene rings is 1. The fourth-order valence-electron chi connectivity index (χ4n) is 3.63. The molecule has 3 rings (SSSR count). The molecule has 2 atom stereocenters. The number of nitrogens with two attached hydrogens (primary N) is 1. The monoisotopic (exact) mass is 287 g/mol. The van der Waals surface area contributed by atoms with E-state index in [0.29, 0.717) is 12.5 Å². The predicted octanol–water partition coefficient (Wildman–Crippen LogP) is 2.60. The minimum atomic E-state index is 0.0910. The molecule has 4 nitrogen and oxygen atoms in total. The summed E-state index contributed by atoms with van der Waals surface area (Å²) >= 11 is 0. The van der Waals surface area contributed by atoms with E-state index in [-0.39, 0.29) is 11.8 Å². The minimum absolute atomic E-state index is 0.0910. The van der Waals surface area contributed by atoms with Gasteiger partial charge in [0, 0.05) is 30.4 Å². The molecule has 1 saturated heterocycles. The molecule has 3 N–H and O–H groups in total. The van der Waals surface area contributed by atoms with E-state index in [2.05, 4.69) is 22.3 Å². The molecule has 1 amide bonds. The second kappa shape index (κ2) is 6.48. The van der Waals surface area contributed by atoms with Gasteiger partial charge in [0.05, 0.1) is 0 Å². The van der Waals surface area contributed by atoms with Crippen LogP contribution in [-0.4, -0.2) is 25.5 Å². The standard InChI is InChI=1S/C17H25N3O/c18-12-13-4-3-5-16(13)17(21)19-14-6-8-15(9-7-14)20-10-1-2-11-20/h6-9,13,16H,1-5,10-12,18H2,(H,19,21). The highest BCUT2D eigenvalue weighted by Gasteiger charge is 2.31. The van der Waals surface area contributed by atoms with Crippen molar-refractivity contribution >= 4 is 17.3 Å². The number of hydrogen-bond donors (Lipinski definition) is 2. The molecule has 1 aromatic rings. The summed E-state index contributed by atoms with van der Waals surface area (Å²) in [6, 6.07) is 8.24. The van der Waals surface area contributed by atoms with Gasteiger partial charge in [-0.1, -0.05) is 6.42 Å². The van der Waals surface area contributed by atoms with Crippen LogP contribution in [0.5, 0.6) is 0 Å². The smallest absolute Gasteiger partial charge is 0.227 e. The largest absolute Gasteiger partial charge is 0.372 e. The van der Waals surface area contributed by atoms with Crippen LogP contribution in [0.3, 0.4) is 0 Å². The van der Waals surface area contributed by atoms with Gasteiger partial charge in [-0.25, -0.2) is 0 Å². The van der Waals surface area contributed by atoms with Crippen LogP contribution in [0.4, 0.5) is 11.4 Å². The van der Waals surface area contributed by atoms with Gasteiger partial charge in [0.1, 0.15) is 0 Å². The van der Waals surface area contributed by atoms with E-state index in [1.165, 1.54) is 18.5 Å². The van der Waals surface area contributed by atoms with Gasteiger partial charge >= 0.3 is 0 Å². The number of rotatable bonds is 4. The number of anilines is 2. The second-order valence-electron chi connectivity index (χ2n) is 6.26. The highest BCUT2D eigenvalue weighted by Crippen LogP contribution is 2.32. The first kappa shape index (κ1) is 14.4. The van der Waals surface area contributed by atoms with Crippen molar-refractivity contribution < 1.29 is 4.79 Å². The van der Waals surface area contributed by atoms with Crippen LogP contribution in [0.2, 0.25) is 0 Å². The first-order chi connectivity index (χ1) is 10.3. The summed E-state index contributed by atoms with van der Waals surface area (Å²) in [5.74, 6) is 0.582. The molecule has 0 radical (unpaired) electrons. The van der Waals surface area contributed by atoms with E-state index < -0.39 is 0 Å². The fraction of sp³-hybridized carbons (Fsp3) is 0.588. The average Bonchev–Trinajstić information content (AvgIpc) is 3.19. The maximum Gasteiger partial charge on any atom is 0.227 e. The van der Waals surface area contributed by atoms with E-state index in [4.69, 9.17) is 5.73 Å². The van der Waals surface area contributed by atoms with Crippen molar-refractivity contribution in [1.29, 1.82) is 0 Å². The minimum Gasteiger partial charge on any atom is -0.372 e. The number of carbonyl (C=O) groups excluding carboxylic acids is 1. The van der Waals surface area contributed by atoms with E-state index in [1.54, 1.807) is 0 Å². The number of amides is 1. The summed E-state index contributed by atoms with van der Waals surface area (Å²) in [7, 11) is 0. The topological polar surface area (TPSA) is 58.4 Å². The summed E-state index contributed by atoms with van der Waals surface area (Å²) in [4.78, 5) is 14.7. The second-order valence-corrected chi connectivity index (χ2v) is 6.26. The maximum atomic E-state index is 12.3. The van der Waals surface area contributed by atoms with Gasteiger partial charge in [-0.3, -0.25) is 4.79 Å². The van der Waals surface area contributed by atoms with Crippen molar-refractivity contribution in [2.75, 3.05) is 29.9 Å². The first-order valence-electron chi connectivity index (χ1n) is 8.14. The lowest BCUT2D eigenvalue weighted by molar-refractivity contribution is -0.120. The lowest BCUT2D eigenvalue weighted by Gasteiger charge is -2.19. The van der Waals surface area contributed by atoms with Crippen LogP contribution >= 0.6 is 0 Å². The molecule has 1 aliphatic carbocycles. The van der Waals surface area contributed by atoms with Crippen molar-refractivity contribution in [1.82, 2.24) is 0 Å². The van der Waals surface area contributed by atoms with Gasteiger partial charge < -0.3 is 16.0 Å². The van der Waals surface area contributed by atoms with Crippen LogP contribution in [0, 0.1) is 11.8 Å². The number of nitrogens with one attached hydrogen (secondary N) is 1. The molecular formula is C17H25N3O. The van der Waals surface area contributed by atoms with E-state index >= 15 is 0 Å². The quantitative estimate of drug-likeness (QED) is 0.895.